The van der Waals surface area contributed by atoms with Gasteiger partial charge >= 0.3 is 0 Å². The molecule has 27 heavy (non-hydrogen) atoms. The summed E-state index contributed by atoms with van der Waals surface area (Å²) in [6.07, 6.45) is 1.77. The maximum atomic E-state index is 12.6. The summed E-state index contributed by atoms with van der Waals surface area (Å²) in [7, 11) is 1.45. The average molecular weight is 400 g/mol. The molecule has 0 unspecified atom stereocenters. The maximum absolute atomic E-state index is 12.6. The lowest BCUT2D eigenvalue weighted by Gasteiger charge is -2.15. The Morgan fingerprint density at radius 1 is 1.30 bits per heavy atom. The molecule has 1 heterocycles. The maximum Gasteiger partial charge on any atom is 0.285 e. The molecule has 0 atom stereocenters. The van der Waals surface area contributed by atoms with Crippen molar-refractivity contribution < 1.29 is 19.4 Å². The van der Waals surface area contributed by atoms with Crippen molar-refractivity contribution in [1.29, 1.82) is 0 Å². The number of amides is 2. The van der Waals surface area contributed by atoms with E-state index in [0.29, 0.717) is 16.2 Å². The lowest BCUT2D eigenvalue weighted by molar-refractivity contribution is -0.132. The Bertz CT molecular complexity index is 929. The molecule has 1 fully saturated rings. The van der Waals surface area contributed by atoms with Gasteiger partial charge in [-0.1, -0.05) is 48.2 Å². The first kappa shape index (κ1) is 18.9. The van der Waals surface area contributed by atoms with E-state index in [1.54, 1.807) is 18.2 Å². The number of rotatable bonds is 5. The van der Waals surface area contributed by atoms with Gasteiger partial charge in [-0.05, 0) is 41.6 Å². The average Bonchev–Trinajstić information content (AvgIpc) is 2.91. The van der Waals surface area contributed by atoms with E-state index in [4.69, 9.17) is 17.0 Å². The number of carbonyl (C=O) groups excluding carboxylic acids is 2. The van der Waals surface area contributed by atoms with Gasteiger partial charge in [-0.3, -0.25) is 15.0 Å². The fourth-order valence-electron chi connectivity index (χ4n) is 2.44. The Labute approximate surface area is 165 Å². The zero-order chi connectivity index (χ0) is 19.4. The van der Waals surface area contributed by atoms with Crippen molar-refractivity contribution >= 4 is 46.2 Å². The highest BCUT2D eigenvalue weighted by molar-refractivity contribution is 8.26. The minimum atomic E-state index is -0.404. The van der Waals surface area contributed by atoms with Crippen LogP contribution in [-0.4, -0.2) is 33.4 Å². The van der Waals surface area contributed by atoms with Crippen LogP contribution in [-0.2, 0) is 16.0 Å². The van der Waals surface area contributed by atoms with Crippen molar-refractivity contribution in [1.82, 2.24) is 10.4 Å². The quantitative estimate of drug-likeness (QED) is 0.594. The molecule has 3 rings (SSSR count). The predicted molar refractivity (Wildman–Crippen MR) is 108 cm³/mol. The number of benzene rings is 2. The number of nitrogens with zero attached hydrogens (tertiary/aromatic N) is 1. The van der Waals surface area contributed by atoms with E-state index in [-0.39, 0.29) is 22.4 Å². The first-order chi connectivity index (χ1) is 13.0. The molecule has 1 aliphatic rings. The highest BCUT2D eigenvalue weighted by atomic mass is 32.2. The second kappa shape index (κ2) is 8.24. The summed E-state index contributed by atoms with van der Waals surface area (Å²) < 4.78 is 5.31. The fraction of sp³-hybridized carbons (Fsp3) is 0.105. The van der Waals surface area contributed by atoms with Gasteiger partial charge in [0.15, 0.2) is 15.8 Å². The number of hydrogen-bond donors (Lipinski definition) is 2. The second-order valence-corrected chi connectivity index (χ2v) is 7.32. The van der Waals surface area contributed by atoms with Crippen molar-refractivity contribution in [2.75, 3.05) is 7.11 Å². The standard InChI is InChI=1S/C19H16N2O4S2/c1-25-15-9-13(7-8-14(15)22)10-16-18(24)21(19(26)27-16)20-17(23)11-12-5-3-2-4-6-12/h2-10,22H,11H2,1H3,(H,20,23). The van der Waals surface area contributed by atoms with Crippen LogP contribution in [0.2, 0.25) is 0 Å². The van der Waals surface area contributed by atoms with Crippen molar-refractivity contribution in [3.63, 3.8) is 0 Å². The molecule has 2 aromatic rings. The molecule has 8 heteroatoms. The van der Waals surface area contributed by atoms with E-state index in [1.165, 1.54) is 13.2 Å². The Morgan fingerprint density at radius 3 is 2.74 bits per heavy atom. The van der Waals surface area contributed by atoms with Gasteiger partial charge in [-0.15, -0.1) is 0 Å². The fourth-order valence-corrected chi connectivity index (χ4v) is 3.62. The van der Waals surface area contributed by atoms with Crippen LogP contribution in [0.5, 0.6) is 11.5 Å². The van der Waals surface area contributed by atoms with Crippen LogP contribution in [0, 0.1) is 0 Å². The normalized spacial score (nSPS) is 15.3. The van der Waals surface area contributed by atoms with Gasteiger partial charge in [0.1, 0.15) is 0 Å². The number of phenols is 1. The first-order valence-corrected chi connectivity index (χ1v) is 9.19. The lowest BCUT2D eigenvalue weighted by Crippen LogP contribution is -2.45. The minimum absolute atomic E-state index is 0.00961. The number of nitrogens with one attached hydrogen (secondary N) is 1. The summed E-state index contributed by atoms with van der Waals surface area (Å²) in [5.41, 5.74) is 4.06. The van der Waals surface area contributed by atoms with E-state index in [0.717, 1.165) is 22.3 Å². The van der Waals surface area contributed by atoms with E-state index >= 15 is 0 Å². The van der Waals surface area contributed by atoms with Gasteiger partial charge < -0.3 is 9.84 Å². The molecule has 1 saturated heterocycles. The molecule has 138 valence electrons. The number of phenolic OH excluding ortho intramolecular Hbond substituents is 1. The third-order valence-electron chi connectivity index (χ3n) is 3.74. The predicted octanol–water partition coefficient (Wildman–Crippen LogP) is 2.88. The molecule has 1 aliphatic heterocycles. The van der Waals surface area contributed by atoms with Crippen LogP contribution in [0.3, 0.4) is 0 Å². The molecule has 6 nitrogen and oxygen atoms in total. The summed E-state index contributed by atoms with van der Waals surface area (Å²) in [5.74, 6) is -0.422. The molecule has 0 aliphatic carbocycles. The lowest BCUT2D eigenvalue weighted by atomic mass is 10.1. The van der Waals surface area contributed by atoms with Gasteiger partial charge in [-0.25, -0.2) is 0 Å². The van der Waals surface area contributed by atoms with Crippen LogP contribution in [0.15, 0.2) is 53.4 Å². The highest BCUT2D eigenvalue weighted by Gasteiger charge is 2.33. The summed E-state index contributed by atoms with van der Waals surface area (Å²) in [5, 5.41) is 10.7. The molecule has 0 spiro atoms. The largest absolute Gasteiger partial charge is 0.504 e. The van der Waals surface area contributed by atoms with Gasteiger partial charge in [0, 0.05) is 0 Å². The van der Waals surface area contributed by atoms with E-state index in [9.17, 15) is 14.7 Å². The highest BCUT2D eigenvalue weighted by Crippen LogP contribution is 2.33. The van der Waals surface area contributed by atoms with Crippen LogP contribution >= 0.6 is 24.0 Å². The summed E-state index contributed by atoms with van der Waals surface area (Å²) in [4.78, 5) is 25.2. The van der Waals surface area contributed by atoms with Crippen molar-refractivity contribution in [3.05, 3.63) is 64.6 Å². The number of aromatic hydroxyl groups is 1. The molecule has 0 aromatic heterocycles. The molecule has 0 bridgehead atoms. The molecular formula is C19H16N2O4S2. The smallest absolute Gasteiger partial charge is 0.285 e. The van der Waals surface area contributed by atoms with Gasteiger partial charge in [0.25, 0.3) is 5.91 Å². The molecular weight excluding hydrogens is 384 g/mol. The number of thioether (sulfide) groups is 1. The zero-order valence-corrected chi connectivity index (χ0v) is 16.0. The molecule has 2 N–H and O–H groups in total. The Hall–Kier alpha value is -2.84. The zero-order valence-electron chi connectivity index (χ0n) is 14.3. The van der Waals surface area contributed by atoms with Crippen molar-refractivity contribution in [3.8, 4) is 11.5 Å². The molecule has 2 aromatic carbocycles. The third-order valence-corrected chi connectivity index (χ3v) is 5.04. The second-order valence-electron chi connectivity index (χ2n) is 5.65. The number of carbonyl (C=O) groups is 2. The number of hydrogen-bond acceptors (Lipinski definition) is 6. The number of hydrazine groups is 1. The molecule has 0 saturated carbocycles. The monoisotopic (exact) mass is 400 g/mol. The number of thiocarbonyl (C=S) groups is 1. The van der Waals surface area contributed by atoms with Crippen LogP contribution in [0.25, 0.3) is 6.08 Å². The van der Waals surface area contributed by atoms with Crippen LogP contribution in [0.4, 0.5) is 0 Å². The Morgan fingerprint density at radius 2 is 2.04 bits per heavy atom. The van der Waals surface area contributed by atoms with Crippen LogP contribution < -0.4 is 10.2 Å². The molecule has 2 amide bonds. The van der Waals surface area contributed by atoms with E-state index < -0.39 is 5.91 Å². The van der Waals surface area contributed by atoms with Gasteiger partial charge in [-0.2, -0.15) is 5.01 Å². The van der Waals surface area contributed by atoms with E-state index in [1.807, 2.05) is 30.3 Å². The topological polar surface area (TPSA) is 78.9 Å². The minimum Gasteiger partial charge on any atom is -0.504 e. The summed E-state index contributed by atoms with van der Waals surface area (Å²) in [6, 6.07) is 14.0. The number of ether oxygens (including phenoxy) is 1. The van der Waals surface area contributed by atoms with E-state index in [2.05, 4.69) is 5.43 Å². The van der Waals surface area contributed by atoms with Crippen LogP contribution in [0.1, 0.15) is 11.1 Å². The first-order valence-electron chi connectivity index (χ1n) is 7.96. The van der Waals surface area contributed by atoms with Crippen molar-refractivity contribution in [2.45, 2.75) is 6.42 Å². The third kappa shape index (κ3) is 4.47. The Kier molecular flexibility index (Phi) is 5.78. The van der Waals surface area contributed by atoms with Crippen molar-refractivity contribution in [2.24, 2.45) is 0 Å². The molecule has 0 radical (unpaired) electrons. The summed E-state index contributed by atoms with van der Waals surface area (Å²) in [6.45, 7) is 0. The van der Waals surface area contributed by atoms with Gasteiger partial charge in [0.05, 0.1) is 18.4 Å². The Balaban J connectivity index is 1.72. The summed E-state index contributed by atoms with van der Waals surface area (Å²) >= 11 is 6.30. The number of methoxy groups -OCH3 is 1. The SMILES string of the molecule is COc1cc(C=C2SC(=S)N(NC(=O)Cc3ccccc3)C2=O)ccc1O. The van der Waals surface area contributed by atoms with Gasteiger partial charge in [0.2, 0.25) is 5.91 Å².